The van der Waals surface area contributed by atoms with Crippen LogP contribution in [0, 0.1) is 11.3 Å². The van der Waals surface area contributed by atoms with Gasteiger partial charge in [-0.2, -0.15) is 5.26 Å². The first kappa shape index (κ1) is 24.6. The van der Waals surface area contributed by atoms with E-state index in [2.05, 4.69) is 11.4 Å². The Kier molecular flexibility index (Phi) is 7.20. The largest absolute Gasteiger partial charge is 0.312 e. The van der Waals surface area contributed by atoms with E-state index >= 15 is 0 Å². The molecule has 1 N–H and O–H groups in total. The second-order valence-corrected chi connectivity index (χ2v) is 11.8. The number of amides is 1. The van der Waals surface area contributed by atoms with E-state index in [0.29, 0.717) is 16.3 Å². The maximum Gasteiger partial charge on any atom is 0.264 e. The number of aryl methyl sites for hydroxylation is 1. The predicted molar refractivity (Wildman–Crippen MR) is 137 cm³/mol. The Labute approximate surface area is 212 Å². The molecule has 1 aliphatic rings. The molecule has 4 rings (SSSR count). The summed E-state index contributed by atoms with van der Waals surface area (Å²) in [5, 5.41) is 13.4. The number of hydrogen-bond acceptors (Lipinski definition) is 5. The quantitative estimate of drug-likeness (QED) is 0.391. The van der Waals surface area contributed by atoms with Gasteiger partial charge in [-0.05, 0) is 61.6 Å². The van der Waals surface area contributed by atoms with Gasteiger partial charge in [0.05, 0.1) is 31.8 Å². The van der Waals surface area contributed by atoms with Gasteiger partial charge in [0.15, 0.2) is 0 Å². The van der Waals surface area contributed by atoms with Crippen LogP contribution in [0.15, 0.2) is 47.4 Å². The summed E-state index contributed by atoms with van der Waals surface area (Å²) in [6, 6.07) is 12.8. The maximum atomic E-state index is 13.2. The number of carbonyl (C=O) groups is 1. The molecule has 0 radical (unpaired) electrons. The summed E-state index contributed by atoms with van der Waals surface area (Å²) in [6.07, 6.45) is 4.88. The summed E-state index contributed by atoms with van der Waals surface area (Å²) in [4.78, 5) is 14.1. The molecule has 34 heavy (non-hydrogen) atoms. The Bertz CT molecular complexity index is 1410. The highest BCUT2D eigenvalue weighted by Gasteiger charge is 2.26. The van der Waals surface area contributed by atoms with Crippen molar-refractivity contribution in [3.8, 4) is 6.07 Å². The fourth-order valence-corrected chi connectivity index (χ4v) is 6.94. The summed E-state index contributed by atoms with van der Waals surface area (Å²) in [5.74, 6) is -0.574. The first-order chi connectivity index (χ1) is 16.2. The third-order valence-corrected chi connectivity index (χ3v) is 9.42. The SMILES string of the molecule is CN(c1ccccc1Cl)S(=O)(=O)c1ccc(Cl)c(C(=O)Nc2sc3c(c2C#N)CCCCC3)c1. The van der Waals surface area contributed by atoms with Crippen LogP contribution in [0.2, 0.25) is 10.0 Å². The van der Waals surface area contributed by atoms with Crippen molar-refractivity contribution >= 4 is 61.2 Å². The molecule has 0 spiro atoms. The van der Waals surface area contributed by atoms with Gasteiger partial charge in [-0.15, -0.1) is 11.3 Å². The van der Waals surface area contributed by atoms with Crippen LogP contribution in [0.5, 0.6) is 0 Å². The number of hydrogen-bond donors (Lipinski definition) is 1. The standard InChI is InChI=1S/C24H21Cl2N3O3S2/c1-29(21-9-6-5-8-20(21)26)34(31,32)15-11-12-19(25)17(13-15)23(30)28-24-18(14-27)16-7-3-2-4-10-22(16)33-24/h5-6,8-9,11-13H,2-4,7,10H2,1H3,(H,28,30). The van der Waals surface area contributed by atoms with Crippen LogP contribution >= 0.6 is 34.5 Å². The van der Waals surface area contributed by atoms with E-state index in [1.54, 1.807) is 24.3 Å². The van der Waals surface area contributed by atoms with Gasteiger partial charge >= 0.3 is 0 Å². The predicted octanol–water partition coefficient (Wildman–Crippen LogP) is 6.27. The average Bonchev–Trinajstić information content (AvgIpc) is 2.97. The van der Waals surface area contributed by atoms with E-state index in [0.717, 1.165) is 46.8 Å². The van der Waals surface area contributed by atoms with E-state index in [9.17, 15) is 18.5 Å². The normalized spacial score (nSPS) is 13.5. The molecule has 1 aliphatic carbocycles. The van der Waals surface area contributed by atoms with Crippen LogP contribution in [0.1, 0.15) is 45.6 Å². The minimum absolute atomic E-state index is 0.00258. The third kappa shape index (κ3) is 4.66. The molecule has 6 nitrogen and oxygen atoms in total. The van der Waals surface area contributed by atoms with Gasteiger partial charge in [0, 0.05) is 11.9 Å². The Morgan fingerprint density at radius 1 is 1.09 bits per heavy atom. The van der Waals surface area contributed by atoms with Crippen molar-refractivity contribution in [1.29, 1.82) is 5.26 Å². The van der Waals surface area contributed by atoms with Crippen molar-refractivity contribution in [3.05, 3.63) is 74.1 Å². The van der Waals surface area contributed by atoms with Gasteiger partial charge in [0.2, 0.25) is 0 Å². The van der Waals surface area contributed by atoms with E-state index in [1.807, 2.05) is 0 Å². The number of thiophene rings is 1. The first-order valence-electron chi connectivity index (χ1n) is 10.6. The molecule has 1 aromatic heterocycles. The zero-order chi connectivity index (χ0) is 24.5. The molecule has 10 heteroatoms. The summed E-state index contributed by atoms with van der Waals surface area (Å²) in [7, 11) is -2.63. The van der Waals surface area contributed by atoms with Crippen LogP contribution in [-0.2, 0) is 22.9 Å². The molecule has 2 aromatic carbocycles. The van der Waals surface area contributed by atoms with Crippen molar-refractivity contribution in [2.75, 3.05) is 16.7 Å². The number of nitrogens with one attached hydrogen (secondary N) is 1. The zero-order valence-electron chi connectivity index (χ0n) is 18.3. The van der Waals surface area contributed by atoms with Gasteiger partial charge in [0.25, 0.3) is 15.9 Å². The van der Waals surface area contributed by atoms with Crippen LogP contribution in [-0.4, -0.2) is 21.4 Å². The zero-order valence-corrected chi connectivity index (χ0v) is 21.4. The second kappa shape index (κ2) is 9.96. The molecule has 0 atom stereocenters. The summed E-state index contributed by atoms with van der Waals surface area (Å²) in [5.41, 5.74) is 1.80. The van der Waals surface area contributed by atoms with E-state index in [1.165, 1.54) is 36.6 Å². The van der Waals surface area contributed by atoms with Gasteiger partial charge in [0.1, 0.15) is 11.1 Å². The minimum atomic E-state index is -4.02. The molecule has 176 valence electrons. The number of nitrogens with zero attached hydrogens (tertiary/aromatic N) is 2. The molecule has 0 saturated carbocycles. The van der Waals surface area contributed by atoms with Crippen LogP contribution in [0.25, 0.3) is 0 Å². The topological polar surface area (TPSA) is 90.3 Å². The third-order valence-electron chi connectivity index (χ3n) is 5.79. The maximum absolute atomic E-state index is 13.2. The second-order valence-electron chi connectivity index (χ2n) is 7.90. The van der Waals surface area contributed by atoms with E-state index < -0.39 is 15.9 Å². The fourth-order valence-electron chi connectivity index (χ4n) is 3.95. The number of para-hydroxylation sites is 1. The Morgan fingerprint density at radius 2 is 1.82 bits per heavy atom. The molecule has 1 heterocycles. The smallest absolute Gasteiger partial charge is 0.264 e. The average molecular weight is 534 g/mol. The minimum Gasteiger partial charge on any atom is -0.312 e. The number of rotatable bonds is 5. The van der Waals surface area contributed by atoms with Crippen molar-refractivity contribution in [1.82, 2.24) is 0 Å². The molecule has 0 bridgehead atoms. The number of benzene rings is 2. The lowest BCUT2D eigenvalue weighted by atomic mass is 10.1. The van der Waals surface area contributed by atoms with Crippen molar-refractivity contribution < 1.29 is 13.2 Å². The summed E-state index contributed by atoms with van der Waals surface area (Å²) in [6.45, 7) is 0. The van der Waals surface area contributed by atoms with E-state index in [-0.39, 0.29) is 20.5 Å². The lowest BCUT2D eigenvalue weighted by Crippen LogP contribution is -2.27. The van der Waals surface area contributed by atoms with Crippen LogP contribution in [0.4, 0.5) is 10.7 Å². The Balaban J connectivity index is 1.66. The van der Waals surface area contributed by atoms with Crippen molar-refractivity contribution in [2.45, 2.75) is 37.0 Å². The lowest BCUT2D eigenvalue weighted by molar-refractivity contribution is 0.102. The Morgan fingerprint density at radius 3 is 2.56 bits per heavy atom. The van der Waals surface area contributed by atoms with Crippen molar-refractivity contribution in [3.63, 3.8) is 0 Å². The Hall–Kier alpha value is -2.57. The molecule has 0 saturated heterocycles. The van der Waals surface area contributed by atoms with E-state index in [4.69, 9.17) is 23.2 Å². The number of fused-ring (bicyclic) bond motifs is 1. The van der Waals surface area contributed by atoms with Gasteiger partial charge in [-0.1, -0.05) is 41.8 Å². The number of sulfonamides is 1. The molecule has 1 amide bonds. The molecule has 3 aromatic rings. The van der Waals surface area contributed by atoms with Gasteiger partial charge < -0.3 is 5.32 Å². The molecular formula is C24H21Cl2N3O3S2. The van der Waals surface area contributed by atoms with Crippen LogP contribution < -0.4 is 9.62 Å². The highest BCUT2D eigenvalue weighted by atomic mass is 35.5. The molecule has 0 unspecified atom stereocenters. The van der Waals surface area contributed by atoms with Gasteiger partial charge in [-0.25, -0.2) is 8.42 Å². The summed E-state index contributed by atoms with van der Waals surface area (Å²) >= 11 is 13.9. The van der Waals surface area contributed by atoms with Crippen LogP contribution in [0.3, 0.4) is 0 Å². The molecular weight excluding hydrogens is 513 g/mol. The number of halogens is 2. The molecule has 0 fully saturated rings. The lowest BCUT2D eigenvalue weighted by Gasteiger charge is -2.21. The number of nitriles is 1. The fraction of sp³-hybridized carbons (Fsp3) is 0.250. The van der Waals surface area contributed by atoms with Gasteiger partial charge in [-0.3, -0.25) is 9.10 Å². The van der Waals surface area contributed by atoms with Crippen molar-refractivity contribution in [2.24, 2.45) is 0 Å². The highest BCUT2D eigenvalue weighted by Crippen LogP contribution is 2.37. The number of carbonyl (C=O) groups excluding carboxylic acids is 1. The number of anilines is 2. The molecule has 0 aliphatic heterocycles. The highest BCUT2D eigenvalue weighted by molar-refractivity contribution is 7.92. The first-order valence-corrected chi connectivity index (χ1v) is 13.6. The summed E-state index contributed by atoms with van der Waals surface area (Å²) < 4.78 is 27.6. The monoisotopic (exact) mass is 533 g/mol.